The number of aromatic nitrogens is 2. The molecule has 2 saturated carbocycles. The highest BCUT2D eigenvalue weighted by Crippen LogP contribution is 2.42. The van der Waals surface area contributed by atoms with Crippen LogP contribution in [0.5, 0.6) is 5.75 Å². The van der Waals surface area contributed by atoms with Gasteiger partial charge in [0.05, 0.1) is 5.92 Å². The highest BCUT2D eigenvalue weighted by Gasteiger charge is 2.33. The Morgan fingerprint density at radius 3 is 1.86 bits per heavy atom. The number of carbonyl (C=O) groups is 1. The Balaban J connectivity index is 1.10. The molecule has 1 aromatic carbocycles. The molecule has 2 fully saturated rings. The second-order valence-corrected chi connectivity index (χ2v) is 13.5. The van der Waals surface area contributed by atoms with Gasteiger partial charge in [-0.25, -0.2) is 9.97 Å². The van der Waals surface area contributed by atoms with Crippen LogP contribution >= 0.6 is 0 Å². The first-order valence-corrected chi connectivity index (χ1v) is 17.8. The zero-order valence-electron chi connectivity index (χ0n) is 26.8. The summed E-state index contributed by atoms with van der Waals surface area (Å²) in [5.74, 6) is 4.00. The monoisotopic (exact) mass is 574 g/mol. The zero-order valence-corrected chi connectivity index (χ0v) is 26.8. The van der Waals surface area contributed by atoms with E-state index in [1.165, 1.54) is 121 Å². The van der Waals surface area contributed by atoms with Crippen LogP contribution in [0.1, 0.15) is 148 Å². The Morgan fingerprint density at radius 2 is 1.24 bits per heavy atom. The molecule has 0 atom stereocenters. The third kappa shape index (κ3) is 10.8. The summed E-state index contributed by atoms with van der Waals surface area (Å²) >= 11 is 0. The normalized spacial score (nSPS) is 22.6. The quantitative estimate of drug-likeness (QED) is 0.107. The molecule has 1 aromatic heterocycles. The molecular weight excluding hydrogens is 516 g/mol. The van der Waals surface area contributed by atoms with E-state index in [-0.39, 0.29) is 11.9 Å². The number of carbonyl (C=O) groups excluding carboxylic acids is 1. The van der Waals surface area contributed by atoms with E-state index in [4.69, 9.17) is 4.74 Å². The van der Waals surface area contributed by atoms with Crippen molar-refractivity contribution < 1.29 is 9.53 Å². The van der Waals surface area contributed by atoms with Gasteiger partial charge in [-0.3, -0.25) is 4.79 Å². The van der Waals surface area contributed by atoms with Crippen LogP contribution in [0.3, 0.4) is 0 Å². The number of hydrogen-bond donors (Lipinski definition) is 0. The van der Waals surface area contributed by atoms with Crippen LogP contribution in [-0.2, 0) is 11.2 Å². The Labute approximate surface area is 256 Å². The lowest BCUT2D eigenvalue weighted by molar-refractivity contribution is -0.140. The standard InChI is InChI=1S/C38H58N2O2/c1-3-5-7-8-9-10-11-13-14-30-16-18-32(19-17-30)33-20-22-35(23-21-33)38(41)42-36-26-24-34(25-27-36)37-39-28-31(29-40-37)15-12-6-4-2/h24-30,32-33,35H,3-23H2,1-2H3/t30-,32-,33-,35-. The van der Waals surface area contributed by atoms with Crippen molar-refractivity contribution in [2.45, 2.75) is 149 Å². The maximum Gasteiger partial charge on any atom is 0.314 e. The number of unbranched alkanes of at least 4 members (excludes halogenated alkanes) is 9. The Hall–Kier alpha value is -2.23. The summed E-state index contributed by atoms with van der Waals surface area (Å²) in [6.07, 6.45) is 31.5. The molecule has 4 heteroatoms. The van der Waals surface area contributed by atoms with Crippen molar-refractivity contribution in [3.63, 3.8) is 0 Å². The van der Waals surface area contributed by atoms with Crippen LogP contribution in [0.15, 0.2) is 36.7 Å². The number of esters is 1. The molecule has 2 aliphatic carbocycles. The molecule has 0 N–H and O–H groups in total. The first kappa shape index (κ1) is 32.7. The van der Waals surface area contributed by atoms with E-state index in [1.807, 2.05) is 36.7 Å². The minimum Gasteiger partial charge on any atom is -0.426 e. The molecule has 232 valence electrons. The molecule has 0 bridgehead atoms. The highest BCUT2D eigenvalue weighted by atomic mass is 16.5. The predicted molar refractivity (Wildman–Crippen MR) is 174 cm³/mol. The first-order valence-electron chi connectivity index (χ1n) is 17.8. The lowest BCUT2D eigenvalue weighted by Crippen LogP contribution is -2.30. The molecule has 4 rings (SSSR count). The molecule has 0 amide bonds. The van der Waals surface area contributed by atoms with Gasteiger partial charge in [0.1, 0.15) is 5.75 Å². The first-order chi connectivity index (χ1) is 20.7. The summed E-state index contributed by atoms with van der Waals surface area (Å²) in [6, 6.07) is 7.67. The van der Waals surface area contributed by atoms with Gasteiger partial charge in [-0.1, -0.05) is 97.3 Å². The molecule has 4 nitrogen and oxygen atoms in total. The number of nitrogens with zero attached hydrogens (tertiary/aromatic N) is 2. The van der Waals surface area contributed by atoms with Crippen LogP contribution in [0.25, 0.3) is 11.4 Å². The van der Waals surface area contributed by atoms with E-state index in [9.17, 15) is 4.79 Å². The average molecular weight is 575 g/mol. The molecular formula is C38H58N2O2. The SMILES string of the molecule is CCCCCCCCCC[C@H]1CC[C@H]([C@H]2CC[C@H](C(=O)Oc3ccc(-c4ncc(CCCCC)cn4)cc3)CC2)CC1. The van der Waals surface area contributed by atoms with E-state index < -0.39 is 0 Å². The lowest BCUT2D eigenvalue weighted by Gasteiger charge is -2.37. The van der Waals surface area contributed by atoms with Gasteiger partial charge < -0.3 is 4.74 Å². The summed E-state index contributed by atoms with van der Waals surface area (Å²) in [5, 5.41) is 0. The molecule has 0 saturated heterocycles. The van der Waals surface area contributed by atoms with Gasteiger partial charge in [0.15, 0.2) is 5.82 Å². The van der Waals surface area contributed by atoms with Crippen LogP contribution < -0.4 is 4.74 Å². The van der Waals surface area contributed by atoms with E-state index in [0.29, 0.717) is 11.6 Å². The zero-order chi connectivity index (χ0) is 29.4. The van der Waals surface area contributed by atoms with Crippen molar-refractivity contribution in [2.75, 3.05) is 0 Å². The van der Waals surface area contributed by atoms with Gasteiger partial charge in [-0.05, 0) is 98.9 Å². The van der Waals surface area contributed by atoms with E-state index >= 15 is 0 Å². The maximum atomic E-state index is 13.0. The van der Waals surface area contributed by atoms with Gasteiger partial charge in [0.2, 0.25) is 0 Å². The van der Waals surface area contributed by atoms with Crippen LogP contribution in [-0.4, -0.2) is 15.9 Å². The lowest BCUT2D eigenvalue weighted by atomic mass is 9.68. The summed E-state index contributed by atoms with van der Waals surface area (Å²) in [7, 11) is 0. The highest BCUT2D eigenvalue weighted by molar-refractivity contribution is 5.75. The van der Waals surface area contributed by atoms with Gasteiger partial charge in [-0.2, -0.15) is 0 Å². The van der Waals surface area contributed by atoms with Gasteiger partial charge in [0, 0.05) is 18.0 Å². The number of benzene rings is 1. The minimum absolute atomic E-state index is 0.0443. The number of ether oxygens (including phenoxy) is 1. The van der Waals surface area contributed by atoms with Gasteiger partial charge in [0.25, 0.3) is 0 Å². The summed E-state index contributed by atoms with van der Waals surface area (Å²) in [6.45, 7) is 4.51. The maximum absolute atomic E-state index is 13.0. The molecule has 0 radical (unpaired) electrons. The molecule has 0 spiro atoms. The molecule has 1 heterocycles. The summed E-state index contributed by atoms with van der Waals surface area (Å²) in [4.78, 5) is 22.1. The smallest absolute Gasteiger partial charge is 0.314 e. The van der Waals surface area contributed by atoms with Crippen molar-refractivity contribution in [3.8, 4) is 17.1 Å². The molecule has 0 unspecified atom stereocenters. The van der Waals surface area contributed by atoms with Crippen molar-refractivity contribution in [1.82, 2.24) is 9.97 Å². The van der Waals surface area contributed by atoms with Crippen LogP contribution in [0, 0.1) is 23.7 Å². The number of hydrogen-bond acceptors (Lipinski definition) is 4. The Bertz CT molecular complexity index is 1000. The fourth-order valence-corrected chi connectivity index (χ4v) is 7.43. The minimum atomic E-state index is -0.0528. The fourth-order valence-electron chi connectivity index (χ4n) is 7.43. The molecule has 2 aromatic rings. The Morgan fingerprint density at radius 1 is 0.690 bits per heavy atom. The molecule has 2 aliphatic rings. The third-order valence-electron chi connectivity index (χ3n) is 10.2. The molecule has 0 aliphatic heterocycles. The fraction of sp³-hybridized carbons (Fsp3) is 0.711. The second-order valence-electron chi connectivity index (χ2n) is 13.5. The number of aryl methyl sites for hydroxylation is 1. The van der Waals surface area contributed by atoms with Crippen molar-refractivity contribution in [2.24, 2.45) is 23.7 Å². The topological polar surface area (TPSA) is 52.1 Å². The van der Waals surface area contributed by atoms with E-state index in [2.05, 4.69) is 23.8 Å². The van der Waals surface area contributed by atoms with Crippen LogP contribution in [0.2, 0.25) is 0 Å². The summed E-state index contributed by atoms with van der Waals surface area (Å²) < 4.78 is 5.81. The predicted octanol–water partition coefficient (Wildman–Crippen LogP) is 10.9. The number of rotatable bonds is 17. The van der Waals surface area contributed by atoms with E-state index in [1.54, 1.807) is 0 Å². The van der Waals surface area contributed by atoms with Crippen molar-refractivity contribution in [1.29, 1.82) is 0 Å². The van der Waals surface area contributed by atoms with Crippen molar-refractivity contribution in [3.05, 3.63) is 42.2 Å². The Kier molecular flexibility index (Phi) is 14.3. The summed E-state index contributed by atoms with van der Waals surface area (Å²) in [5.41, 5.74) is 2.14. The van der Waals surface area contributed by atoms with Crippen molar-refractivity contribution >= 4 is 5.97 Å². The van der Waals surface area contributed by atoms with Crippen LogP contribution in [0.4, 0.5) is 0 Å². The second kappa shape index (κ2) is 18.4. The van der Waals surface area contributed by atoms with E-state index in [0.717, 1.165) is 42.6 Å². The molecule has 42 heavy (non-hydrogen) atoms. The average Bonchev–Trinajstić information content (AvgIpc) is 3.03. The van der Waals surface area contributed by atoms with Gasteiger partial charge in [-0.15, -0.1) is 0 Å². The largest absolute Gasteiger partial charge is 0.426 e. The van der Waals surface area contributed by atoms with Gasteiger partial charge >= 0.3 is 5.97 Å². The third-order valence-corrected chi connectivity index (χ3v) is 10.2.